The van der Waals surface area contributed by atoms with Crippen LogP contribution in [0.25, 0.3) is 11.0 Å². The standard InChI is InChI=1S/C21H17ClN4O4S/c1-12-16(22)3-2-4-17(12)23-20(27)13-5-7-14(8-6-13)26-31(29,30)15-9-10-18-19(11-15)25-21(28)24-18/h2-11,26H,1H3,(H,23,27)(H2,24,25,28). The fourth-order valence-corrected chi connectivity index (χ4v) is 4.28. The van der Waals surface area contributed by atoms with Crippen molar-refractivity contribution in [3.05, 3.63) is 87.3 Å². The smallest absolute Gasteiger partial charge is 0.322 e. The van der Waals surface area contributed by atoms with Crippen molar-refractivity contribution in [2.24, 2.45) is 0 Å². The summed E-state index contributed by atoms with van der Waals surface area (Å²) in [6.45, 7) is 1.80. The first-order valence-electron chi connectivity index (χ1n) is 9.14. The zero-order valence-corrected chi connectivity index (χ0v) is 17.8. The minimum Gasteiger partial charge on any atom is -0.322 e. The number of hydrogen-bond donors (Lipinski definition) is 4. The van der Waals surface area contributed by atoms with Crippen LogP contribution in [0.3, 0.4) is 0 Å². The number of sulfonamides is 1. The van der Waals surface area contributed by atoms with E-state index in [9.17, 15) is 18.0 Å². The lowest BCUT2D eigenvalue weighted by Gasteiger charge is -2.11. The van der Waals surface area contributed by atoms with Crippen molar-refractivity contribution in [3.8, 4) is 0 Å². The van der Waals surface area contributed by atoms with Gasteiger partial charge in [0, 0.05) is 22.0 Å². The molecular weight excluding hydrogens is 440 g/mol. The van der Waals surface area contributed by atoms with Gasteiger partial charge in [-0.1, -0.05) is 17.7 Å². The van der Waals surface area contributed by atoms with Crippen LogP contribution >= 0.6 is 11.6 Å². The number of imidazole rings is 1. The lowest BCUT2D eigenvalue weighted by Crippen LogP contribution is -2.14. The number of hydrogen-bond acceptors (Lipinski definition) is 4. The summed E-state index contributed by atoms with van der Waals surface area (Å²) in [5, 5.41) is 3.33. The molecule has 0 aliphatic rings. The van der Waals surface area contributed by atoms with Crippen molar-refractivity contribution < 1.29 is 13.2 Å². The molecule has 8 nitrogen and oxygen atoms in total. The molecule has 1 amide bonds. The largest absolute Gasteiger partial charge is 0.323 e. The van der Waals surface area contributed by atoms with Gasteiger partial charge in [0.25, 0.3) is 15.9 Å². The molecule has 4 rings (SSSR count). The van der Waals surface area contributed by atoms with E-state index in [2.05, 4.69) is 20.0 Å². The van der Waals surface area contributed by atoms with Crippen molar-refractivity contribution in [2.75, 3.05) is 10.0 Å². The summed E-state index contributed by atoms with van der Waals surface area (Å²) in [6, 6.07) is 15.5. The highest BCUT2D eigenvalue weighted by Crippen LogP contribution is 2.24. The maximum absolute atomic E-state index is 12.7. The number of carbonyl (C=O) groups excluding carboxylic acids is 1. The summed E-state index contributed by atoms with van der Waals surface area (Å²) in [6.07, 6.45) is 0. The highest BCUT2D eigenvalue weighted by Gasteiger charge is 2.16. The van der Waals surface area contributed by atoms with E-state index in [1.165, 1.54) is 42.5 Å². The number of nitrogens with one attached hydrogen (secondary N) is 4. The third-order valence-electron chi connectivity index (χ3n) is 4.71. The summed E-state index contributed by atoms with van der Waals surface area (Å²) < 4.78 is 27.8. The predicted molar refractivity (Wildman–Crippen MR) is 120 cm³/mol. The molecule has 158 valence electrons. The van der Waals surface area contributed by atoms with Crippen LogP contribution in [0, 0.1) is 6.92 Å². The minimum atomic E-state index is -3.89. The number of halogens is 1. The molecule has 0 radical (unpaired) electrons. The van der Waals surface area contributed by atoms with Crippen molar-refractivity contribution in [1.29, 1.82) is 0 Å². The quantitative estimate of drug-likeness (QED) is 0.364. The molecule has 0 saturated carbocycles. The number of amides is 1. The number of carbonyl (C=O) groups is 1. The molecule has 1 heterocycles. The van der Waals surface area contributed by atoms with Gasteiger partial charge in [-0.2, -0.15) is 0 Å². The summed E-state index contributed by atoms with van der Waals surface area (Å²) in [5.41, 5.74) is 2.47. The Hall–Kier alpha value is -3.56. The summed E-state index contributed by atoms with van der Waals surface area (Å²) in [5.74, 6) is -0.346. The number of fused-ring (bicyclic) bond motifs is 1. The van der Waals surface area contributed by atoms with Gasteiger partial charge in [-0.3, -0.25) is 9.52 Å². The summed E-state index contributed by atoms with van der Waals surface area (Å²) in [4.78, 5) is 28.9. The van der Waals surface area contributed by atoms with Crippen LogP contribution in [-0.2, 0) is 10.0 Å². The summed E-state index contributed by atoms with van der Waals surface area (Å²) >= 11 is 6.07. The van der Waals surface area contributed by atoms with Gasteiger partial charge >= 0.3 is 5.69 Å². The topological polar surface area (TPSA) is 124 Å². The number of anilines is 2. The molecule has 4 aromatic rings. The number of H-pyrrole nitrogens is 2. The van der Waals surface area contributed by atoms with Gasteiger partial charge in [-0.15, -0.1) is 0 Å². The molecular formula is C21H17ClN4O4S. The molecule has 0 fully saturated rings. The van der Waals surface area contributed by atoms with Crippen LogP contribution in [0.15, 0.2) is 70.4 Å². The Morgan fingerprint density at radius 2 is 1.68 bits per heavy atom. The van der Waals surface area contributed by atoms with E-state index in [0.29, 0.717) is 27.3 Å². The second-order valence-corrected chi connectivity index (χ2v) is 8.93. The minimum absolute atomic E-state index is 0.00602. The van der Waals surface area contributed by atoms with Gasteiger partial charge in [0.2, 0.25) is 0 Å². The first-order valence-corrected chi connectivity index (χ1v) is 11.0. The lowest BCUT2D eigenvalue weighted by molar-refractivity contribution is 0.102. The third kappa shape index (κ3) is 4.32. The van der Waals surface area contributed by atoms with Gasteiger partial charge in [-0.25, -0.2) is 13.2 Å². The van der Waals surface area contributed by atoms with Crippen LogP contribution in [0.2, 0.25) is 5.02 Å². The van der Waals surface area contributed by atoms with Crippen LogP contribution in [0.5, 0.6) is 0 Å². The first kappa shape index (κ1) is 20.7. The SMILES string of the molecule is Cc1c(Cl)cccc1NC(=O)c1ccc(NS(=O)(=O)c2ccc3[nH]c(=O)[nH]c3c2)cc1. The Kier molecular flexibility index (Phi) is 5.30. The average Bonchev–Trinajstić information content (AvgIpc) is 3.11. The molecule has 0 bridgehead atoms. The van der Waals surface area contributed by atoms with E-state index in [1.807, 2.05) is 0 Å². The van der Waals surface area contributed by atoms with E-state index >= 15 is 0 Å². The van der Waals surface area contributed by atoms with E-state index in [4.69, 9.17) is 11.6 Å². The second-order valence-electron chi connectivity index (χ2n) is 6.84. The van der Waals surface area contributed by atoms with Crippen LogP contribution in [0.4, 0.5) is 11.4 Å². The zero-order chi connectivity index (χ0) is 22.2. The normalized spacial score (nSPS) is 11.4. The molecule has 10 heteroatoms. The van der Waals surface area contributed by atoms with Gasteiger partial charge < -0.3 is 15.3 Å². The molecule has 3 aromatic carbocycles. The van der Waals surface area contributed by atoms with Gasteiger partial charge in [0.15, 0.2) is 0 Å². The average molecular weight is 457 g/mol. The Balaban J connectivity index is 1.51. The number of aromatic amines is 2. The molecule has 0 aliphatic carbocycles. The van der Waals surface area contributed by atoms with E-state index in [0.717, 1.165) is 5.56 Å². The van der Waals surface area contributed by atoms with Gasteiger partial charge in [-0.05, 0) is 67.1 Å². The third-order valence-corrected chi connectivity index (χ3v) is 6.50. The number of rotatable bonds is 5. The molecule has 31 heavy (non-hydrogen) atoms. The first-order chi connectivity index (χ1) is 14.7. The molecule has 0 atom stereocenters. The van der Waals surface area contributed by atoms with Crippen LogP contribution in [0.1, 0.15) is 15.9 Å². The monoisotopic (exact) mass is 456 g/mol. The van der Waals surface area contributed by atoms with E-state index < -0.39 is 15.7 Å². The number of aromatic nitrogens is 2. The maximum Gasteiger partial charge on any atom is 0.323 e. The fourth-order valence-electron chi connectivity index (χ4n) is 3.02. The Labute approximate surface area is 182 Å². The maximum atomic E-state index is 12.7. The van der Waals surface area contributed by atoms with Crippen molar-refractivity contribution in [2.45, 2.75) is 11.8 Å². The second kappa shape index (κ2) is 7.93. The van der Waals surface area contributed by atoms with E-state index in [-0.39, 0.29) is 16.5 Å². The Morgan fingerprint density at radius 1 is 0.968 bits per heavy atom. The van der Waals surface area contributed by atoms with Crippen molar-refractivity contribution in [1.82, 2.24) is 9.97 Å². The fraction of sp³-hybridized carbons (Fsp3) is 0.0476. The lowest BCUT2D eigenvalue weighted by atomic mass is 10.1. The molecule has 0 aliphatic heterocycles. The van der Waals surface area contributed by atoms with E-state index in [1.54, 1.807) is 25.1 Å². The Bertz CT molecular complexity index is 1460. The highest BCUT2D eigenvalue weighted by molar-refractivity contribution is 7.92. The van der Waals surface area contributed by atoms with Crippen LogP contribution < -0.4 is 15.7 Å². The van der Waals surface area contributed by atoms with Crippen molar-refractivity contribution in [3.63, 3.8) is 0 Å². The molecule has 4 N–H and O–H groups in total. The highest BCUT2D eigenvalue weighted by atomic mass is 35.5. The molecule has 0 saturated heterocycles. The van der Waals surface area contributed by atoms with Gasteiger partial charge in [0.1, 0.15) is 0 Å². The number of benzene rings is 3. The molecule has 1 aromatic heterocycles. The summed E-state index contributed by atoms with van der Waals surface area (Å²) in [7, 11) is -3.89. The predicted octanol–water partition coefficient (Wildman–Crippen LogP) is 3.87. The molecule has 0 spiro atoms. The molecule has 0 unspecified atom stereocenters. The van der Waals surface area contributed by atoms with Crippen molar-refractivity contribution >= 4 is 49.9 Å². The Morgan fingerprint density at radius 3 is 2.42 bits per heavy atom. The van der Waals surface area contributed by atoms with Gasteiger partial charge in [0.05, 0.1) is 15.9 Å². The zero-order valence-electron chi connectivity index (χ0n) is 16.2. The van der Waals surface area contributed by atoms with Crippen LogP contribution in [-0.4, -0.2) is 24.3 Å².